The van der Waals surface area contributed by atoms with E-state index in [1.807, 2.05) is 0 Å². The number of likely N-dealkylation sites (tertiary alicyclic amines) is 1. The molecule has 1 saturated heterocycles. The number of rotatable bonds is 5. The normalized spacial score (nSPS) is 25.2. The zero-order valence-electron chi connectivity index (χ0n) is 12.3. The summed E-state index contributed by atoms with van der Waals surface area (Å²) in [4.78, 5) is 14.5. The van der Waals surface area contributed by atoms with Gasteiger partial charge in [-0.25, -0.2) is 0 Å². The van der Waals surface area contributed by atoms with Crippen LogP contribution >= 0.6 is 0 Å². The largest absolute Gasteiger partial charge is 0.352 e. The number of nitrogens with zero attached hydrogens (tertiary/aromatic N) is 1. The highest BCUT2D eigenvalue weighted by molar-refractivity contribution is 5.77. The fraction of sp³-hybridized carbons (Fsp3) is 0.933. The maximum atomic E-state index is 12.1. The Morgan fingerprint density at radius 1 is 1.21 bits per heavy atom. The second-order valence-electron chi connectivity index (χ2n) is 6.58. The molecule has 0 radical (unpaired) electrons. The quantitative estimate of drug-likeness (QED) is 0.796. The molecule has 1 heterocycles. The van der Waals surface area contributed by atoms with Gasteiger partial charge in [-0.15, -0.1) is 0 Å². The topological polar surface area (TPSA) is 58.4 Å². The SMILES string of the molecule is CC(CN1CCCC1)NC(=O)CC1(N)CCCCC1. The van der Waals surface area contributed by atoms with Crippen LogP contribution in [0.2, 0.25) is 0 Å². The first-order valence-corrected chi connectivity index (χ1v) is 7.88. The van der Waals surface area contributed by atoms with Gasteiger partial charge in [-0.3, -0.25) is 4.79 Å². The monoisotopic (exact) mass is 267 g/mol. The Balaban J connectivity index is 1.70. The van der Waals surface area contributed by atoms with E-state index in [4.69, 9.17) is 5.73 Å². The zero-order valence-corrected chi connectivity index (χ0v) is 12.3. The van der Waals surface area contributed by atoms with Crippen molar-refractivity contribution >= 4 is 5.91 Å². The molecule has 0 aromatic carbocycles. The van der Waals surface area contributed by atoms with Gasteiger partial charge in [0.1, 0.15) is 0 Å². The molecule has 1 unspecified atom stereocenters. The summed E-state index contributed by atoms with van der Waals surface area (Å²) in [5.74, 6) is 0.135. The van der Waals surface area contributed by atoms with Gasteiger partial charge >= 0.3 is 0 Å². The van der Waals surface area contributed by atoms with Crippen molar-refractivity contribution in [3.05, 3.63) is 0 Å². The number of amides is 1. The highest BCUT2D eigenvalue weighted by Crippen LogP contribution is 2.28. The van der Waals surface area contributed by atoms with Gasteiger partial charge in [-0.2, -0.15) is 0 Å². The summed E-state index contributed by atoms with van der Waals surface area (Å²) >= 11 is 0. The van der Waals surface area contributed by atoms with Crippen molar-refractivity contribution in [2.45, 2.75) is 69.9 Å². The van der Waals surface area contributed by atoms with E-state index in [0.717, 1.165) is 19.4 Å². The molecule has 1 atom stereocenters. The van der Waals surface area contributed by atoms with Gasteiger partial charge < -0.3 is 16.0 Å². The van der Waals surface area contributed by atoms with Crippen molar-refractivity contribution in [3.8, 4) is 0 Å². The Bertz CT molecular complexity index is 294. The van der Waals surface area contributed by atoms with Crippen LogP contribution in [0.4, 0.5) is 0 Å². The Morgan fingerprint density at radius 2 is 1.84 bits per heavy atom. The molecule has 2 rings (SSSR count). The summed E-state index contributed by atoms with van der Waals surface area (Å²) in [5.41, 5.74) is 6.09. The van der Waals surface area contributed by atoms with Crippen LogP contribution in [0.5, 0.6) is 0 Å². The first kappa shape index (κ1) is 14.8. The van der Waals surface area contributed by atoms with Crippen molar-refractivity contribution in [1.29, 1.82) is 0 Å². The van der Waals surface area contributed by atoms with Crippen molar-refractivity contribution in [1.82, 2.24) is 10.2 Å². The lowest BCUT2D eigenvalue weighted by atomic mass is 9.80. The molecule has 1 aliphatic heterocycles. The molecule has 1 saturated carbocycles. The minimum atomic E-state index is -0.240. The number of carbonyl (C=O) groups excluding carboxylic acids is 1. The number of nitrogens with one attached hydrogen (secondary N) is 1. The van der Waals surface area contributed by atoms with Crippen molar-refractivity contribution < 1.29 is 4.79 Å². The predicted molar refractivity (Wildman–Crippen MR) is 77.9 cm³/mol. The van der Waals surface area contributed by atoms with E-state index in [2.05, 4.69) is 17.1 Å². The summed E-state index contributed by atoms with van der Waals surface area (Å²) < 4.78 is 0. The van der Waals surface area contributed by atoms with Gasteiger partial charge in [-0.1, -0.05) is 19.3 Å². The average molecular weight is 267 g/mol. The molecule has 1 aliphatic carbocycles. The molecule has 110 valence electrons. The Hall–Kier alpha value is -0.610. The van der Waals surface area contributed by atoms with Crippen LogP contribution in [0.3, 0.4) is 0 Å². The van der Waals surface area contributed by atoms with Crippen LogP contribution in [-0.2, 0) is 4.79 Å². The van der Waals surface area contributed by atoms with Gasteiger partial charge in [0.15, 0.2) is 0 Å². The first-order valence-electron chi connectivity index (χ1n) is 7.88. The molecule has 1 amide bonds. The predicted octanol–water partition coefficient (Wildman–Crippen LogP) is 1.64. The highest BCUT2D eigenvalue weighted by atomic mass is 16.1. The molecule has 4 heteroatoms. The van der Waals surface area contributed by atoms with Gasteiger partial charge in [0, 0.05) is 24.5 Å². The third-order valence-corrected chi connectivity index (χ3v) is 4.50. The molecule has 2 fully saturated rings. The molecule has 0 bridgehead atoms. The maximum absolute atomic E-state index is 12.1. The average Bonchev–Trinajstić information content (AvgIpc) is 2.81. The van der Waals surface area contributed by atoms with Crippen LogP contribution < -0.4 is 11.1 Å². The Labute approximate surface area is 117 Å². The fourth-order valence-corrected chi connectivity index (χ4v) is 3.48. The smallest absolute Gasteiger partial charge is 0.222 e. The van der Waals surface area contributed by atoms with Gasteiger partial charge in [-0.05, 0) is 45.7 Å². The molecule has 2 aliphatic rings. The maximum Gasteiger partial charge on any atom is 0.222 e. The Kier molecular flexibility index (Phi) is 5.22. The van der Waals surface area contributed by atoms with E-state index in [0.29, 0.717) is 6.42 Å². The lowest BCUT2D eigenvalue weighted by Crippen LogP contribution is -2.48. The molecule has 0 aromatic heterocycles. The summed E-state index contributed by atoms with van der Waals surface area (Å²) in [6, 6.07) is 0.234. The lowest BCUT2D eigenvalue weighted by Gasteiger charge is -2.33. The molecule has 0 aromatic rings. The Morgan fingerprint density at radius 3 is 2.47 bits per heavy atom. The minimum Gasteiger partial charge on any atom is -0.352 e. The van der Waals surface area contributed by atoms with Gasteiger partial charge in [0.25, 0.3) is 0 Å². The lowest BCUT2D eigenvalue weighted by molar-refractivity contribution is -0.123. The number of hydrogen-bond acceptors (Lipinski definition) is 3. The van der Waals surface area contributed by atoms with Gasteiger partial charge in [0.05, 0.1) is 0 Å². The van der Waals surface area contributed by atoms with E-state index >= 15 is 0 Å². The molecule has 0 spiro atoms. The van der Waals surface area contributed by atoms with E-state index < -0.39 is 0 Å². The second kappa shape index (κ2) is 6.71. The van der Waals surface area contributed by atoms with E-state index in [1.54, 1.807) is 0 Å². The van der Waals surface area contributed by atoms with Crippen molar-refractivity contribution in [2.75, 3.05) is 19.6 Å². The van der Waals surface area contributed by atoms with Crippen LogP contribution in [0.15, 0.2) is 0 Å². The zero-order chi connectivity index (χ0) is 13.7. The van der Waals surface area contributed by atoms with Crippen LogP contribution in [0.25, 0.3) is 0 Å². The molecular weight excluding hydrogens is 238 g/mol. The van der Waals surface area contributed by atoms with Crippen molar-refractivity contribution in [2.24, 2.45) is 5.73 Å². The number of hydrogen-bond donors (Lipinski definition) is 2. The first-order chi connectivity index (χ1) is 9.07. The molecular formula is C15H29N3O. The number of carbonyl (C=O) groups is 1. The fourth-order valence-electron chi connectivity index (χ4n) is 3.48. The van der Waals surface area contributed by atoms with Gasteiger partial charge in [0.2, 0.25) is 5.91 Å². The summed E-state index contributed by atoms with van der Waals surface area (Å²) in [5, 5.41) is 3.12. The molecule has 4 nitrogen and oxygen atoms in total. The summed E-state index contributed by atoms with van der Waals surface area (Å²) in [6.45, 7) is 5.44. The van der Waals surface area contributed by atoms with Crippen molar-refractivity contribution in [3.63, 3.8) is 0 Å². The van der Waals surface area contributed by atoms with Crippen LogP contribution in [0, 0.1) is 0 Å². The van der Waals surface area contributed by atoms with E-state index in [9.17, 15) is 4.79 Å². The van der Waals surface area contributed by atoms with Crippen LogP contribution in [-0.4, -0.2) is 42.0 Å². The standard InChI is InChI=1S/C15H29N3O/c1-13(12-18-9-5-6-10-18)17-14(19)11-15(16)7-3-2-4-8-15/h13H,2-12,16H2,1H3,(H,17,19). The van der Waals surface area contributed by atoms with E-state index in [1.165, 1.54) is 45.2 Å². The highest BCUT2D eigenvalue weighted by Gasteiger charge is 2.30. The molecule has 19 heavy (non-hydrogen) atoms. The third-order valence-electron chi connectivity index (χ3n) is 4.50. The summed E-state index contributed by atoms with van der Waals surface area (Å²) in [7, 11) is 0. The summed E-state index contributed by atoms with van der Waals surface area (Å²) in [6.07, 6.45) is 8.71. The third kappa shape index (κ3) is 4.77. The second-order valence-corrected chi connectivity index (χ2v) is 6.58. The molecule has 3 N–H and O–H groups in total. The van der Waals surface area contributed by atoms with E-state index in [-0.39, 0.29) is 17.5 Å². The number of nitrogens with two attached hydrogens (primary N) is 1. The van der Waals surface area contributed by atoms with Crippen LogP contribution in [0.1, 0.15) is 58.3 Å². The minimum absolute atomic E-state index is 0.135.